The summed E-state index contributed by atoms with van der Waals surface area (Å²) in [5.41, 5.74) is 1.08. The van der Waals surface area contributed by atoms with Gasteiger partial charge in [0, 0.05) is 38.2 Å². The van der Waals surface area contributed by atoms with Gasteiger partial charge in [-0.15, -0.1) is 0 Å². The molecule has 0 aromatic carbocycles. The molecular weight excluding hydrogens is 314 g/mol. The Hall–Kier alpha value is -1.79. The number of nitrogens with one attached hydrogen (secondary N) is 2. The molecule has 0 radical (unpaired) electrons. The van der Waals surface area contributed by atoms with Crippen LogP contribution < -0.4 is 10.6 Å². The summed E-state index contributed by atoms with van der Waals surface area (Å²) < 4.78 is 7.83. The molecule has 2 aliphatic rings. The maximum Gasteiger partial charge on any atom is 0.124 e. The van der Waals surface area contributed by atoms with Crippen LogP contribution in [0, 0.1) is 12.8 Å². The Morgan fingerprint density at radius 1 is 1.36 bits per heavy atom. The number of piperidine rings is 1. The lowest BCUT2D eigenvalue weighted by molar-refractivity contribution is 0.141. The van der Waals surface area contributed by atoms with Crippen LogP contribution in [0.15, 0.2) is 28.9 Å². The van der Waals surface area contributed by atoms with Gasteiger partial charge < -0.3 is 15.1 Å². The van der Waals surface area contributed by atoms with Crippen molar-refractivity contribution in [2.45, 2.75) is 38.8 Å². The third-order valence-electron chi connectivity index (χ3n) is 5.38. The summed E-state index contributed by atoms with van der Waals surface area (Å²) in [5.74, 6) is 2.79. The summed E-state index contributed by atoms with van der Waals surface area (Å²) in [4.78, 5) is 2.57. The van der Waals surface area contributed by atoms with E-state index in [0.29, 0.717) is 12.0 Å². The van der Waals surface area contributed by atoms with Gasteiger partial charge in [0.05, 0.1) is 18.0 Å². The lowest BCUT2D eigenvalue weighted by Crippen LogP contribution is -2.41. The van der Waals surface area contributed by atoms with Crippen molar-refractivity contribution in [2.75, 3.05) is 38.0 Å². The number of fused-ring (bicyclic) bond motifs is 1. The molecule has 0 saturated carbocycles. The number of likely N-dealkylation sites (tertiary alicyclic amines) is 1. The van der Waals surface area contributed by atoms with E-state index in [1.165, 1.54) is 32.4 Å². The minimum absolute atomic E-state index is 0.342. The Bertz CT molecular complexity index is 659. The molecule has 0 unspecified atom stereocenters. The molecule has 4 heterocycles. The number of anilines is 1. The van der Waals surface area contributed by atoms with Crippen molar-refractivity contribution in [1.82, 2.24) is 20.0 Å². The minimum Gasteiger partial charge on any atom is -0.468 e. The monoisotopic (exact) mass is 343 g/mol. The highest BCUT2D eigenvalue weighted by Gasteiger charge is 2.25. The van der Waals surface area contributed by atoms with Gasteiger partial charge in [0.25, 0.3) is 0 Å². The first-order chi connectivity index (χ1) is 12.3. The highest BCUT2D eigenvalue weighted by molar-refractivity contribution is 5.38. The molecule has 6 nitrogen and oxygen atoms in total. The topological polar surface area (TPSA) is 58.3 Å². The molecule has 4 rings (SSSR count). The van der Waals surface area contributed by atoms with E-state index in [9.17, 15) is 0 Å². The highest BCUT2D eigenvalue weighted by Crippen LogP contribution is 2.25. The molecule has 2 aromatic rings. The van der Waals surface area contributed by atoms with Gasteiger partial charge in [-0.2, -0.15) is 5.10 Å². The SMILES string of the molecule is Cc1cc2n(n1)C[C@@H](CNC[C@H](c1ccco1)N1CCCCC1)CN2. The normalized spacial score (nSPS) is 22.4. The molecule has 2 aliphatic heterocycles. The van der Waals surface area contributed by atoms with Gasteiger partial charge in [-0.25, -0.2) is 4.68 Å². The van der Waals surface area contributed by atoms with E-state index in [4.69, 9.17) is 4.42 Å². The van der Waals surface area contributed by atoms with Crippen LogP contribution in [0.25, 0.3) is 0 Å². The molecule has 25 heavy (non-hydrogen) atoms. The van der Waals surface area contributed by atoms with E-state index in [2.05, 4.69) is 37.4 Å². The molecule has 0 bridgehead atoms. The van der Waals surface area contributed by atoms with Crippen LogP contribution in [-0.2, 0) is 6.54 Å². The predicted molar refractivity (Wildman–Crippen MR) is 98.7 cm³/mol. The number of aryl methyl sites for hydroxylation is 1. The zero-order valence-corrected chi connectivity index (χ0v) is 15.1. The standard InChI is InChI=1S/C19H29N5O/c1-15-10-19-21-12-16(14-24(19)22-15)11-20-13-17(18-6-5-9-25-18)23-7-3-2-4-8-23/h5-6,9-10,16-17,20-21H,2-4,7-8,11-14H2,1H3/t16-,17+/m0/s1. The Kier molecular flexibility index (Phi) is 5.08. The van der Waals surface area contributed by atoms with Crippen LogP contribution >= 0.6 is 0 Å². The van der Waals surface area contributed by atoms with Gasteiger partial charge in [0.2, 0.25) is 0 Å². The fraction of sp³-hybridized carbons (Fsp3) is 0.632. The highest BCUT2D eigenvalue weighted by atomic mass is 16.3. The molecule has 0 spiro atoms. The van der Waals surface area contributed by atoms with Crippen LogP contribution in [0.3, 0.4) is 0 Å². The van der Waals surface area contributed by atoms with Crippen LogP contribution in [0.5, 0.6) is 0 Å². The van der Waals surface area contributed by atoms with E-state index in [1.807, 2.05) is 13.0 Å². The third-order valence-corrected chi connectivity index (χ3v) is 5.38. The maximum absolute atomic E-state index is 5.73. The molecule has 1 saturated heterocycles. The summed E-state index contributed by atoms with van der Waals surface area (Å²) in [7, 11) is 0. The van der Waals surface area contributed by atoms with E-state index >= 15 is 0 Å². The van der Waals surface area contributed by atoms with Gasteiger partial charge >= 0.3 is 0 Å². The minimum atomic E-state index is 0.342. The van der Waals surface area contributed by atoms with Gasteiger partial charge in [0.15, 0.2) is 0 Å². The Balaban J connectivity index is 1.32. The lowest BCUT2D eigenvalue weighted by Gasteiger charge is -2.34. The van der Waals surface area contributed by atoms with Gasteiger partial charge in [0.1, 0.15) is 11.6 Å². The number of hydrogen-bond donors (Lipinski definition) is 2. The van der Waals surface area contributed by atoms with E-state index in [1.54, 1.807) is 6.26 Å². The average molecular weight is 343 g/mol. The number of rotatable bonds is 6. The zero-order chi connectivity index (χ0) is 17.1. The average Bonchev–Trinajstić information content (AvgIpc) is 3.28. The van der Waals surface area contributed by atoms with Crippen LogP contribution in [0.4, 0.5) is 5.82 Å². The summed E-state index contributed by atoms with van der Waals surface area (Å²) >= 11 is 0. The molecule has 2 atom stereocenters. The van der Waals surface area contributed by atoms with Crippen molar-refractivity contribution in [3.05, 3.63) is 35.9 Å². The molecule has 136 valence electrons. The molecule has 2 N–H and O–H groups in total. The quantitative estimate of drug-likeness (QED) is 0.844. The van der Waals surface area contributed by atoms with Crippen molar-refractivity contribution < 1.29 is 4.42 Å². The summed E-state index contributed by atoms with van der Waals surface area (Å²) in [6, 6.07) is 6.57. The van der Waals surface area contributed by atoms with Gasteiger partial charge in [-0.05, 0) is 45.0 Å². The number of aromatic nitrogens is 2. The first-order valence-corrected chi connectivity index (χ1v) is 9.56. The lowest BCUT2D eigenvalue weighted by atomic mass is 10.1. The van der Waals surface area contributed by atoms with E-state index < -0.39 is 0 Å². The molecule has 1 fully saturated rings. The van der Waals surface area contributed by atoms with Crippen molar-refractivity contribution in [3.63, 3.8) is 0 Å². The Morgan fingerprint density at radius 3 is 3.04 bits per heavy atom. The summed E-state index contributed by atoms with van der Waals surface area (Å²) in [6.07, 6.45) is 5.74. The molecular formula is C19H29N5O. The first kappa shape index (κ1) is 16.7. The number of hydrogen-bond acceptors (Lipinski definition) is 5. The van der Waals surface area contributed by atoms with Crippen molar-refractivity contribution in [2.24, 2.45) is 5.92 Å². The maximum atomic E-state index is 5.73. The largest absolute Gasteiger partial charge is 0.468 e. The second-order valence-electron chi connectivity index (χ2n) is 7.39. The number of nitrogens with zero attached hydrogens (tertiary/aromatic N) is 3. The van der Waals surface area contributed by atoms with Gasteiger partial charge in [-0.3, -0.25) is 4.90 Å². The molecule has 6 heteroatoms. The van der Waals surface area contributed by atoms with Crippen LogP contribution in [0.1, 0.15) is 36.8 Å². The Morgan fingerprint density at radius 2 is 2.24 bits per heavy atom. The number of furan rings is 1. The zero-order valence-electron chi connectivity index (χ0n) is 15.1. The second kappa shape index (κ2) is 7.62. The van der Waals surface area contributed by atoms with E-state index in [0.717, 1.165) is 43.5 Å². The predicted octanol–water partition coefficient (Wildman–Crippen LogP) is 2.64. The second-order valence-corrected chi connectivity index (χ2v) is 7.39. The van der Waals surface area contributed by atoms with Crippen LogP contribution in [-0.4, -0.2) is 47.4 Å². The molecule has 0 aliphatic carbocycles. The molecule has 0 amide bonds. The van der Waals surface area contributed by atoms with Crippen molar-refractivity contribution in [3.8, 4) is 0 Å². The van der Waals surface area contributed by atoms with E-state index in [-0.39, 0.29) is 0 Å². The van der Waals surface area contributed by atoms with Crippen molar-refractivity contribution >= 4 is 5.82 Å². The van der Waals surface area contributed by atoms with Gasteiger partial charge in [-0.1, -0.05) is 6.42 Å². The molecule has 2 aromatic heterocycles. The summed E-state index contributed by atoms with van der Waals surface area (Å²) in [6.45, 7) is 8.33. The third kappa shape index (κ3) is 3.90. The van der Waals surface area contributed by atoms with Crippen LogP contribution in [0.2, 0.25) is 0 Å². The van der Waals surface area contributed by atoms with Crippen molar-refractivity contribution in [1.29, 1.82) is 0 Å². The Labute approximate surface area is 149 Å². The summed E-state index contributed by atoms with van der Waals surface area (Å²) in [5, 5.41) is 11.8. The first-order valence-electron chi connectivity index (χ1n) is 9.56. The fourth-order valence-corrected chi connectivity index (χ4v) is 4.07. The fourth-order valence-electron chi connectivity index (χ4n) is 4.07. The smallest absolute Gasteiger partial charge is 0.124 e.